The number of benzene rings is 2. The number of rotatable bonds is 6. The summed E-state index contributed by atoms with van der Waals surface area (Å²) in [5.41, 5.74) is 3.48. The number of carbonyl (C=O) groups excluding carboxylic acids is 2. The molecule has 3 heterocycles. The van der Waals surface area contributed by atoms with Crippen LogP contribution in [0.5, 0.6) is 0 Å². The van der Waals surface area contributed by atoms with E-state index in [1.807, 2.05) is 77.8 Å². The summed E-state index contributed by atoms with van der Waals surface area (Å²) in [6.07, 6.45) is 3.36. The molecule has 4 aromatic rings. The van der Waals surface area contributed by atoms with Crippen LogP contribution in [0, 0.1) is 0 Å². The minimum Gasteiger partial charge on any atom is -0.462 e. The number of pyridine rings is 1. The maximum atomic E-state index is 13.6. The number of hydrogen-bond acceptors (Lipinski definition) is 6. The smallest absolute Gasteiger partial charge is 0.339 e. The second kappa shape index (κ2) is 10.4. The first-order valence-corrected chi connectivity index (χ1v) is 12.0. The molecular formula is C28H27N5O3. The zero-order valence-electron chi connectivity index (χ0n) is 20.1. The third-order valence-electron chi connectivity index (χ3n) is 6.16. The quantitative estimate of drug-likeness (QED) is 0.386. The van der Waals surface area contributed by atoms with Crippen molar-refractivity contribution in [1.82, 2.24) is 19.7 Å². The largest absolute Gasteiger partial charge is 0.462 e. The molecule has 36 heavy (non-hydrogen) atoms. The van der Waals surface area contributed by atoms with Crippen molar-refractivity contribution in [3.8, 4) is 16.9 Å². The van der Waals surface area contributed by atoms with Crippen LogP contribution in [0.3, 0.4) is 0 Å². The lowest BCUT2D eigenvalue weighted by atomic mass is 10.1. The molecule has 0 spiro atoms. The zero-order chi connectivity index (χ0) is 24.9. The van der Waals surface area contributed by atoms with Crippen molar-refractivity contribution < 1.29 is 14.3 Å². The number of ether oxygens (including phenoxy) is 1. The van der Waals surface area contributed by atoms with Crippen molar-refractivity contribution >= 4 is 17.7 Å². The van der Waals surface area contributed by atoms with Gasteiger partial charge in [-0.2, -0.15) is 5.10 Å². The van der Waals surface area contributed by atoms with Gasteiger partial charge in [0.2, 0.25) is 0 Å². The molecule has 5 rings (SSSR count). The summed E-state index contributed by atoms with van der Waals surface area (Å²) in [6, 6.07) is 23.1. The van der Waals surface area contributed by atoms with E-state index in [0.29, 0.717) is 49.6 Å². The first-order chi connectivity index (χ1) is 17.6. The number of amides is 1. The van der Waals surface area contributed by atoms with E-state index in [4.69, 9.17) is 9.84 Å². The Morgan fingerprint density at radius 3 is 2.22 bits per heavy atom. The van der Waals surface area contributed by atoms with Gasteiger partial charge in [0.1, 0.15) is 11.5 Å². The molecule has 1 aliphatic heterocycles. The van der Waals surface area contributed by atoms with Gasteiger partial charge in [0.15, 0.2) is 0 Å². The van der Waals surface area contributed by atoms with E-state index in [1.54, 1.807) is 17.7 Å². The lowest BCUT2D eigenvalue weighted by molar-refractivity contribution is 0.0525. The molecule has 182 valence electrons. The summed E-state index contributed by atoms with van der Waals surface area (Å²) in [6.45, 7) is 4.51. The van der Waals surface area contributed by atoms with Crippen LogP contribution in [0.4, 0.5) is 5.82 Å². The highest BCUT2D eigenvalue weighted by molar-refractivity contribution is 6.00. The molecule has 2 aromatic carbocycles. The first-order valence-electron chi connectivity index (χ1n) is 12.0. The van der Waals surface area contributed by atoms with Crippen molar-refractivity contribution in [3.05, 3.63) is 96.3 Å². The average molecular weight is 482 g/mol. The predicted octanol–water partition coefficient (Wildman–Crippen LogP) is 4.07. The lowest BCUT2D eigenvalue weighted by Crippen LogP contribution is -2.49. The molecule has 0 atom stereocenters. The minimum atomic E-state index is -0.378. The normalized spacial score (nSPS) is 13.5. The van der Waals surface area contributed by atoms with E-state index < -0.39 is 0 Å². The Balaban J connectivity index is 1.33. The Bertz CT molecular complexity index is 1330. The molecular weight excluding hydrogens is 454 g/mol. The Hall–Kier alpha value is -4.46. The lowest BCUT2D eigenvalue weighted by Gasteiger charge is -2.35. The molecule has 0 saturated carbocycles. The van der Waals surface area contributed by atoms with E-state index in [2.05, 4.69) is 9.88 Å². The highest BCUT2D eigenvalue weighted by Gasteiger charge is 2.27. The van der Waals surface area contributed by atoms with Crippen LogP contribution in [0.15, 0.2) is 85.2 Å². The number of esters is 1. The fraction of sp³-hybridized carbons (Fsp3) is 0.214. The van der Waals surface area contributed by atoms with Crippen molar-refractivity contribution in [2.75, 3.05) is 37.7 Å². The SMILES string of the molecule is CCOC(=O)c1ccc(N2CCN(C(=O)c3cn(-c4ccccc4)nc3-c3ccccc3)CC2)nc1. The molecule has 1 aliphatic rings. The summed E-state index contributed by atoms with van der Waals surface area (Å²) < 4.78 is 6.79. The van der Waals surface area contributed by atoms with Gasteiger partial charge < -0.3 is 14.5 Å². The van der Waals surface area contributed by atoms with Crippen LogP contribution in [0.2, 0.25) is 0 Å². The molecule has 1 amide bonds. The van der Waals surface area contributed by atoms with Gasteiger partial charge in [-0.1, -0.05) is 48.5 Å². The third kappa shape index (κ3) is 4.84. The molecule has 0 aliphatic carbocycles. The minimum absolute atomic E-state index is 0.0405. The molecule has 0 radical (unpaired) electrons. The number of hydrogen-bond donors (Lipinski definition) is 0. The fourth-order valence-electron chi connectivity index (χ4n) is 4.27. The van der Waals surface area contributed by atoms with Crippen molar-refractivity contribution in [3.63, 3.8) is 0 Å². The highest BCUT2D eigenvalue weighted by Crippen LogP contribution is 2.26. The summed E-state index contributed by atoms with van der Waals surface area (Å²) >= 11 is 0. The number of carbonyl (C=O) groups is 2. The highest BCUT2D eigenvalue weighted by atomic mass is 16.5. The Morgan fingerprint density at radius 1 is 0.889 bits per heavy atom. The third-order valence-corrected chi connectivity index (χ3v) is 6.16. The Morgan fingerprint density at radius 2 is 1.58 bits per heavy atom. The van der Waals surface area contributed by atoms with Crippen LogP contribution < -0.4 is 4.90 Å². The summed E-state index contributed by atoms with van der Waals surface area (Å²) in [4.78, 5) is 33.9. The number of para-hydroxylation sites is 1. The molecule has 2 aromatic heterocycles. The summed E-state index contributed by atoms with van der Waals surface area (Å²) in [5.74, 6) is 0.357. The summed E-state index contributed by atoms with van der Waals surface area (Å²) in [7, 11) is 0. The number of anilines is 1. The average Bonchev–Trinajstić information content (AvgIpc) is 3.40. The van der Waals surface area contributed by atoms with E-state index in [9.17, 15) is 9.59 Å². The van der Waals surface area contributed by atoms with Gasteiger partial charge in [-0.25, -0.2) is 14.5 Å². The van der Waals surface area contributed by atoms with Crippen LogP contribution in [-0.4, -0.2) is 64.3 Å². The van der Waals surface area contributed by atoms with Gasteiger partial charge >= 0.3 is 5.97 Å². The standard InChI is InChI=1S/C28H27N5O3/c1-2-36-28(35)22-13-14-25(29-19-22)31-15-17-32(18-16-31)27(34)24-20-33(23-11-7-4-8-12-23)30-26(24)21-9-5-3-6-10-21/h3-14,19-20H,2,15-18H2,1H3. The first kappa shape index (κ1) is 23.3. The van der Waals surface area contributed by atoms with E-state index in [1.165, 1.54) is 6.20 Å². The van der Waals surface area contributed by atoms with Gasteiger partial charge in [0, 0.05) is 44.1 Å². The van der Waals surface area contributed by atoms with Crippen LogP contribution in [0.25, 0.3) is 16.9 Å². The number of piperazine rings is 1. The molecule has 8 heteroatoms. The molecule has 1 fully saturated rings. The molecule has 8 nitrogen and oxygen atoms in total. The maximum Gasteiger partial charge on any atom is 0.339 e. The predicted molar refractivity (Wildman–Crippen MR) is 137 cm³/mol. The molecule has 1 saturated heterocycles. The zero-order valence-corrected chi connectivity index (χ0v) is 20.1. The summed E-state index contributed by atoms with van der Waals surface area (Å²) in [5, 5.41) is 4.78. The van der Waals surface area contributed by atoms with Crippen LogP contribution in [0.1, 0.15) is 27.6 Å². The van der Waals surface area contributed by atoms with Crippen molar-refractivity contribution in [1.29, 1.82) is 0 Å². The Kier molecular flexibility index (Phi) is 6.75. The molecule has 0 bridgehead atoms. The Labute approximate surface area is 209 Å². The topological polar surface area (TPSA) is 80.6 Å². The van der Waals surface area contributed by atoms with Gasteiger partial charge in [0.25, 0.3) is 5.91 Å². The van der Waals surface area contributed by atoms with E-state index >= 15 is 0 Å². The second-order valence-corrected chi connectivity index (χ2v) is 8.44. The van der Waals surface area contributed by atoms with Crippen LogP contribution >= 0.6 is 0 Å². The van der Waals surface area contributed by atoms with Gasteiger partial charge in [-0.05, 0) is 31.2 Å². The number of nitrogens with zero attached hydrogens (tertiary/aromatic N) is 5. The van der Waals surface area contributed by atoms with Crippen LogP contribution in [-0.2, 0) is 4.74 Å². The van der Waals surface area contributed by atoms with Crippen molar-refractivity contribution in [2.45, 2.75) is 6.92 Å². The van der Waals surface area contributed by atoms with Gasteiger partial charge in [-0.15, -0.1) is 0 Å². The number of aromatic nitrogens is 3. The van der Waals surface area contributed by atoms with Gasteiger partial charge in [-0.3, -0.25) is 4.79 Å². The second-order valence-electron chi connectivity index (χ2n) is 8.44. The fourth-order valence-corrected chi connectivity index (χ4v) is 4.27. The molecule has 0 N–H and O–H groups in total. The molecule has 0 unspecified atom stereocenters. The maximum absolute atomic E-state index is 13.6. The van der Waals surface area contributed by atoms with Crippen molar-refractivity contribution in [2.24, 2.45) is 0 Å². The van der Waals surface area contributed by atoms with Gasteiger partial charge in [0.05, 0.1) is 23.4 Å². The van der Waals surface area contributed by atoms with E-state index in [0.717, 1.165) is 17.1 Å². The monoisotopic (exact) mass is 481 g/mol. The van der Waals surface area contributed by atoms with E-state index in [-0.39, 0.29) is 11.9 Å².